The molecule has 0 saturated carbocycles. The molecular weight excluding hydrogens is 449 g/mol. The molecule has 1 unspecified atom stereocenters. The number of fused-ring (bicyclic) bond motifs is 1. The van der Waals surface area contributed by atoms with Gasteiger partial charge in [-0.3, -0.25) is 4.79 Å². The Hall–Kier alpha value is -2.27. The van der Waals surface area contributed by atoms with E-state index in [4.69, 9.17) is 24.6 Å². The minimum Gasteiger partial charge on any atom is -0.462 e. The summed E-state index contributed by atoms with van der Waals surface area (Å²) in [5.74, 6) is 0.835. The van der Waals surface area contributed by atoms with E-state index in [1.165, 1.54) is 6.33 Å². The fourth-order valence-electron chi connectivity index (χ4n) is 3.25. The molecule has 4 N–H and O–H groups in total. The largest absolute Gasteiger partial charge is 0.462 e. The summed E-state index contributed by atoms with van der Waals surface area (Å²) in [5.41, 5.74) is 7.59. The molecule has 0 aliphatic carbocycles. The molecule has 0 amide bonds. The molecule has 1 fully saturated rings. The molecule has 0 spiro atoms. The van der Waals surface area contributed by atoms with Crippen molar-refractivity contribution in [2.75, 3.05) is 48.7 Å². The first-order chi connectivity index (χ1) is 15.8. The quantitative estimate of drug-likeness (QED) is 0.241. The Kier molecular flexibility index (Phi) is 9.42. The van der Waals surface area contributed by atoms with Gasteiger partial charge in [-0.2, -0.15) is 0 Å². The molecule has 0 radical (unpaired) electrons. The Bertz CT molecular complexity index is 820. The number of nitrogens with zero attached hydrogens (tertiary/aromatic N) is 4. The Balaban J connectivity index is 1.55. The van der Waals surface area contributed by atoms with Gasteiger partial charge in [0.05, 0.1) is 37.8 Å². The molecule has 1 saturated heterocycles. The molecule has 33 heavy (non-hydrogen) atoms. The number of carbonyl (C=O) groups excluding carboxylic acids is 1. The van der Waals surface area contributed by atoms with Gasteiger partial charge in [0.1, 0.15) is 24.4 Å². The van der Waals surface area contributed by atoms with Crippen molar-refractivity contribution in [3.63, 3.8) is 0 Å². The van der Waals surface area contributed by atoms with E-state index >= 15 is 0 Å². The predicted octanol–water partition coefficient (Wildman–Crippen LogP) is 2.04. The van der Waals surface area contributed by atoms with Gasteiger partial charge in [-0.1, -0.05) is 5.16 Å². The summed E-state index contributed by atoms with van der Waals surface area (Å²) >= 11 is 0. The summed E-state index contributed by atoms with van der Waals surface area (Å²) in [6, 6.07) is -0.554. The van der Waals surface area contributed by atoms with Crippen LogP contribution in [0.3, 0.4) is 0 Å². The number of nitrogens with two attached hydrogens (primary N) is 1. The third-order valence-electron chi connectivity index (χ3n) is 4.94. The molecule has 12 nitrogen and oxygen atoms in total. The molecule has 3 rings (SSSR count). The van der Waals surface area contributed by atoms with Crippen molar-refractivity contribution >= 4 is 37.3 Å². The average molecular weight is 484 g/mol. The Morgan fingerprint density at radius 2 is 2.09 bits per heavy atom. The second kappa shape index (κ2) is 12.3. The lowest BCUT2D eigenvalue weighted by molar-refractivity contribution is -0.148. The first-order valence-corrected chi connectivity index (χ1v) is 12.5. The maximum Gasteiger partial charge on any atom is 0.323 e. The van der Waals surface area contributed by atoms with Gasteiger partial charge in [0.25, 0.3) is 0 Å². The van der Waals surface area contributed by atoms with Crippen LogP contribution in [0.4, 0.5) is 17.3 Å². The van der Waals surface area contributed by atoms with Gasteiger partial charge in [-0.25, -0.2) is 15.1 Å². The Labute approximate surface area is 195 Å². The van der Waals surface area contributed by atoms with Crippen LogP contribution in [0.25, 0.3) is 0 Å². The van der Waals surface area contributed by atoms with Crippen molar-refractivity contribution in [1.29, 1.82) is 0 Å². The van der Waals surface area contributed by atoms with Crippen LogP contribution in [-0.4, -0.2) is 72.7 Å². The van der Waals surface area contributed by atoms with E-state index in [-0.39, 0.29) is 24.5 Å². The number of hydrogen-bond donors (Lipinski definition) is 3. The lowest BCUT2D eigenvalue weighted by atomic mass is 10.2. The summed E-state index contributed by atoms with van der Waals surface area (Å²) in [4.78, 5) is 22.6. The second-order valence-electron chi connectivity index (χ2n) is 8.19. The highest BCUT2D eigenvalue weighted by Gasteiger charge is 2.26. The first-order valence-electron chi connectivity index (χ1n) is 11.1. The summed E-state index contributed by atoms with van der Waals surface area (Å²) in [7, 11) is -1.37. The normalized spacial score (nSPS) is 18.3. The third-order valence-corrected chi connectivity index (χ3v) is 6.28. The van der Waals surface area contributed by atoms with Crippen molar-refractivity contribution < 1.29 is 23.6 Å². The average Bonchev–Trinajstić information content (AvgIpc) is 3.19. The molecule has 1 aromatic rings. The second-order valence-corrected chi connectivity index (χ2v) is 9.62. The van der Waals surface area contributed by atoms with E-state index < -0.39 is 14.3 Å². The fraction of sp³-hybridized carbons (Fsp3) is 0.700. The molecule has 3 heterocycles. The van der Waals surface area contributed by atoms with Crippen LogP contribution in [0.15, 0.2) is 11.5 Å². The van der Waals surface area contributed by atoms with E-state index in [0.29, 0.717) is 32.2 Å². The van der Waals surface area contributed by atoms with E-state index in [9.17, 15) is 4.79 Å². The first kappa shape index (κ1) is 25.4. The number of oxime groups is 1. The number of carbonyl (C=O) groups is 1. The summed E-state index contributed by atoms with van der Waals surface area (Å²) < 4.78 is 22.5. The lowest BCUT2D eigenvalue weighted by Gasteiger charge is -2.25. The number of anilines is 3. The molecular formula is C20H34N7O5P. The molecule has 2 aliphatic heterocycles. The maximum absolute atomic E-state index is 12.2. The van der Waals surface area contributed by atoms with Crippen LogP contribution in [0.2, 0.25) is 0 Å². The van der Waals surface area contributed by atoms with Crippen molar-refractivity contribution in [2.24, 2.45) is 5.16 Å². The number of hydrogen-bond acceptors (Lipinski definition) is 12. The number of nitrogens with one attached hydrogen (secondary N) is 2. The molecule has 184 valence electrons. The van der Waals surface area contributed by atoms with Crippen molar-refractivity contribution in [3.05, 3.63) is 6.33 Å². The van der Waals surface area contributed by atoms with Crippen LogP contribution in [-0.2, 0) is 23.6 Å². The highest BCUT2D eigenvalue weighted by atomic mass is 31.2. The van der Waals surface area contributed by atoms with Crippen LogP contribution in [0.1, 0.15) is 40.5 Å². The van der Waals surface area contributed by atoms with Gasteiger partial charge >= 0.3 is 5.97 Å². The Morgan fingerprint density at radius 3 is 2.82 bits per heavy atom. The molecule has 0 aromatic carbocycles. The summed E-state index contributed by atoms with van der Waals surface area (Å²) in [6.45, 7) is 9.78. The molecule has 2 aliphatic rings. The van der Waals surface area contributed by atoms with Gasteiger partial charge in [-0.05, 0) is 27.7 Å². The van der Waals surface area contributed by atoms with E-state index in [1.807, 2.05) is 25.7 Å². The topological polar surface area (TPSA) is 145 Å². The van der Waals surface area contributed by atoms with Crippen molar-refractivity contribution in [1.82, 2.24) is 15.1 Å². The molecule has 13 heteroatoms. The number of nitrogen functional groups attached to an aromatic ring is 1. The van der Waals surface area contributed by atoms with E-state index in [2.05, 4.69) is 25.5 Å². The van der Waals surface area contributed by atoms with Crippen LogP contribution >= 0.6 is 8.30 Å². The summed E-state index contributed by atoms with van der Waals surface area (Å²) in [6.07, 6.45) is 2.84. The number of rotatable bonds is 11. The smallest absolute Gasteiger partial charge is 0.323 e. The molecule has 0 bridgehead atoms. The minimum absolute atomic E-state index is 0.141. The van der Waals surface area contributed by atoms with Gasteiger partial charge in [0.2, 0.25) is 8.30 Å². The predicted molar refractivity (Wildman–Crippen MR) is 127 cm³/mol. The number of esters is 1. The van der Waals surface area contributed by atoms with Gasteiger partial charge in [0, 0.05) is 19.4 Å². The zero-order valence-corrected chi connectivity index (χ0v) is 20.5. The fourth-order valence-corrected chi connectivity index (χ4v) is 4.56. The van der Waals surface area contributed by atoms with E-state index in [1.54, 1.807) is 6.92 Å². The zero-order valence-electron chi connectivity index (χ0n) is 19.6. The third kappa shape index (κ3) is 7.63. The lowest BCUT2D eigenvalue weighted by Crippen LogP contribution is -2.36. The standard InChI is InChI=1S/C20H34N7O5P/c1-13(2)31-20(28)15(4)26-33(32-25-16-5-7-29-8-6-16)12-30-14(3)9-27-11-24-17-18(21)22-10-23-19(17)27/h10,13-15,24,26H,5-9,11-12H2,1-4H3,(H2,21,22,23)/t14-,15+,33?/m1/s1. The monoisotopic (exact) mass is 483 g/mol. The highest BCUT2D eigenvalue weighted by Crippen LogP contribution is 2.35. The van der Waals surface area contributed by atoms with Gasteiger partial charge in [-0.15, -0.1) is 0 Å². The maximum atomic E-state index is 12.2. The van der Waals surface area contributed by atoms with Gasteiger partial charge in [0.15, 0.2) is 11.6 Å². The molecule has 1 aromatic heterocycles. The number of ether oxygens (including phenoxy) is 3. The number of aromatic nitrogens is 2. The van der Waals surface area contributed by atoms with Crippen LogP contribution < -0.4 is 21.0 Å². The van der Waals surface area contributed by atoms with Crippen LogP contribution in [0, 0.1) is 0 Å². The Morgan fingerprint density at radius 1 is 1.33 bits per heavy atom. The minimum atomic E-state index is -1.37. The van der Waals surface area contributed by atoms with Gasteiger partial charge < -0.3 is 34.8 Å². The van der Waals surface area contributed by atoms with Crippen molar-refractivity contribution in [2.45, 2.75) is 58.8 Å². The van der Waals surface area contributed by atoms with E-state index in [0.717, 1.165) is 30.1 Å². The van der Waals surface area contributed by atoms with Crippen molar-refractivity contribution in [3.8, 4) is 0 Å². The van der Waals surface area contributed by atoms with Crippen LogP contribution in [0.5, 0.6) is 0 Å². The zero-order chi connectivity index (χ0) is 23.8. The highest BCUT2D eigenvalue weighted by molar-refractivity contribution is 7.50. The SMILES string of the molecule is CC(C)OC(=O)[C@H](C)NP(CO[C@H](C)CN1CNc2c(N)ncnc21)ON=C1CCOCC1. The summed E-state index contributed by atoms with van der Waals surface area (Å²) in [5, 5.41) is 10.7. The molecule has 3 atom stereocenters.